The fourth-order valence-electron chi connectivity index (χ4n) is 1.78. The quantitative estimate of drug-likeness (QED) is 0.622. The number of nitrogens with two attached hydrogens (primary N) is 2. The van der Waals surface area contributed by atoms with Crippen LogP contribution >= 0.6 is 0 Å². The summed E-state index contributed by atoms with van der Waals surface area (Å²) in [6.45, 7) is 4.94. The number of nitrogens with zero attached hydrogens (tertiary/aromatic N) is 1. The number of primary amides is 1. The van der Waals surface area contributed by atoms with Crippen LogP contribution in [-0.2, 0) is 4.79 Å². The van der Waals surface area contributed by atoms with Crippen LogP contribution in [0.1, 0.15) is 19.8 Å². The molecule has 0 aromatic heterocycles. The van der Waals surface area contributed by atoms with E-state index in [1.807, 2.05) is 0 Å². The van der Waals surface area contributed by atoms with Gasteiger partial charge in [-0.25, -0.2) is 0 Å². The van der Waals surface area contributed by atoms with Crippen LogP contribution in [0.5, 0.6) is 0 Å². The molecule has 0 bridgehead atoms. The van der Waals surface area contributed by atoms with Crippen molar-refractivity contribution in [1.82, 2.24) is 4.90 Å². The minimum absolute atomic E-state index is 0.403. The van der Waals surface area contributed by atoms with E-state index in [9.17, 15) is 4.79 Å². The molecular weight excluding hydrogens is 166 g/mol. The standard InChI is InChI=1S/C9H19N3O/c1-2-7-3-4-12(5-7)6-8(10)9(11)13/h7-8H,2-6,10H2,1H3,(H2,11,13). The van der Waals surface area contributed by atoms with Gasteiger partial charge in [-0.05, 0) is 18.9 Å². The van der Waals surface area contributed by atoms with Crippen molar-refractivity contribution in [2.45, 2.75) is 25.8 Å². The first-order chi connectivity index (χ1) is 6.13. The molecule has 0 radical (unpaired) electrons. The largest absolute Gasteiger partial charge is 0.368 e. The molecule has 1 fully saturated rings. The molecule has 2 unspecified atom stereocenters. The fourth-order valence-corrected chi connectivity index (χ4v) is 1.78. The molecule has 1 heterocycles. The van der Waals surface area contributed by atoms with Crippen molar-refractivity contribution in [2.75, 3.05) is 19.6 Å². The summed E-state index contributed by atoms with van der Waals surface area (Å²) in [5.74, 6) is 0.375. The van der Waals surface area contributed by atoms with Gasteiger partial charge in [0.2, 0.25) is 5.91 Å². The average molecular weight is 185 g/mol. The van der Waals surface area contributed by atoms with Gasteiger partial charge in [0.05, 0.1) is 6.04 Å². The molecule has 0 aromatic rings. The molecule has 1 aliphatic rings. The zero-order valence-corrected chi connectivity index (χ0v) is 8.20. The lowest BCUT2D eigenvalue weighted by Crippen LogP contribution is -2.45. The Labute approximate surface area is 79.3 Å². The summed E-state index contributed by atoms with van der Waals surface area (Å²) >= 11 is 0. The van der Waals surface area contributed by atoms with Crippen LogP contribution in [0.3, 0.4) is 0 Å². The van der Waals surface area contributed by atoms with Gasteiger partial charge in [-0.2, -0.15) is 0 Å². The van der Waals surface area contributed by atoms with Crippen LogP contribution in [0.2, 0.25) is 0 Å². The van der Waals surface area contributed by atoms with Crippen LogP contribution in [0.15, 0.2) is 0 Å². The Morgan fingerprint density at radius 2 is 2.38 bits per heavy atom. The normalized spacial score (nSPS) is 26.2. The van der Waals surface area contributed by atoms with E-state index in [1.165, 1.54) is 12.8 Å². The van der Waals surface area contributed by atoms with Crippen LogP contribution in [0.4, 0.5) is 0 Å². The smallest absolute Gasteiger partial charge is 0.235 e. The monoisotopic (exact) mass is 185 g/mol. The lowest BCUT2D eigenvalue weighted by atomic mass is 10.1. The molecule has 2 atom stereocenters. The third-order valence-electron chi connectivity index (χ3n) is 2.77. The highest BCUT2D eigenvalue weighted by Gasteiger charge is 2.23. The molecule has 0 spiro atoms. The van der Waals surface area contributed by atoms with E-state index >= 15 is 0 Å². The van der Waals surface area contributed by atoms with Crippen molar-refractivity contribution < 1.29 is 4.79 Å². The van der Waals surface area contributed by atoms with E-state index in [0.29, 0.717) is 6.54 Å². The molecule has 1 saturated heterocycles. The number of carbonyl (C=O) groups excluding carboxylic acids is 1. The minimum Gasteiger partial charge on any atom is -0.368 e. The number of rotatable bonds is 4. The molecule has 1 aliphatic heterocycles. The Morgan fingerprint density at radius 1 is 1.69 bits per heavy atom. The first kappa shape index (κ1) is 10.5. The van der Waals surface area contributed by atoms with E-state index in [1.54, 1.807) is 0 Å². The summed E-state index contributed by atoms with van der Waals surface area (Å²) in [6.07, 6.45) is 2.43. The molecule has 4 nitrogen and oxygen atoms in total. The summed E-state index contributed by atoms with van der Waals surface area (Å²) in [5.41, 5.74) is 10.7. The fraction of sp³-hybridized carbons (Fsp3) is 0.889. The number of hydrogen-bond donors (Lipinski definition) is 2. The number of likely N-dealkylation sites (tertiary alicyclic amines) is 1. The van der Waals surface area contributed by atoms with Gasteiger partial charge in [0, 0.05) is 13.1 Å². The predicted octanol–water partition coefficient (Wildman–Crippen LogP) is -0.469. The summed E-state index contributed by atoms with van der Waals surface area (Å²) in [5, 5.41) is 0. The summed E-state index contributed by atoms with van der Waals surface area (Å²) in [6, 6.07) is -0.504. The Bertz CT molecular complexity index is 184. The van der Waals surface area contributed by atoms with Gasteiger partial charge in [0.15, 0.2) is 0 Å². The highest BCUT2D eigenvalue weighted by molar-refractivity contribution is 5.79. The molecule has 0 aliphatic carbocycles. The van der Waals surface area contributed by atoms with Gasteiger partial charge < -0.3 is 16.4 Å². The van der Waals surface area contributed by atoms with Gasteiger partial charge in [-0.3, -0.25) is 4.79 Å². The Hall–Kier alpha value is -0.610. The lowest BCUT2D eigenvalue weighted by molar-refractivity contribution is -0.119. The molecule has 1 amide bonds. The second kappa shape index (κ2) is 4.58. The maximum atomic E-state index is 10.7. The summed E-state index contributed by atoms with van der Waals surface area (Å²) in [7, 11) is 0. The number of amides is 1. The van der Waals surface area contributed by atoms with E-state index in [2.05, 4.69) is 11.8 Å². The zero-order chi connectivity index (χ0) is 9.84. The molecule has 76 valence electrons. The molecule has 13 heavy (non-hydrogen) atoms. The number of hydrogen-bond acceptors (Lipinski definition) is 3. The zero-order valence-electron chi connectivity index (χ0n) is 8.20. The average Bonchev–Trinajstić information content (AvgIpc) is 2.52. The van der Waals surface area contributed by atoms with Crippen LogP contribution < -0.4 is 11.5 Å². The van der Waals surface area contributed by atoms with Gasteiger partial charge in [0.1, 0.15) is 0 Å². The van der Waals surface area contributed by atoms with Crippen molar-refractivity contribution >= 4 is 5.91 Å². The third kappa shape index (κ3) is 2.97. The Morgan fingerprint density at radius 3 is 2.85 bits per heavy atom. The SMILES string of the molecule is CCC1CCN(CC(N)C(N)=O)C1. The van der Waals surface area contributed by atoms with E-state index in [-0.39, 0.29) is 0 Å². The van der Waals surface area contributed by atoms with Crippen molar-refractivity contribution in [3.8, 4) is 0 Å². The first-order valence-corrected chi connectivity index (χ1v) is 4.90. The van der Waals surface area contributed by atoms with Crippen molar-refractivity contribution in [3.63, 3.8) is 0 Å². The molecule has 0 aromatic carbocycles. The van der Waals surface area contributed by atoms with Crippen molar-refractivity contribution in [2.24, 2.45) is 17.4 Å². The molecule has 1 rings (SSSR count). The second-order valence-electron chi connectivity index (χ2n) is 3.83. The predicted molar refractivity (Wildman–Crippen MR) is 52.0 cm³/mol. The Kier molecular flexibility index (Phi) is 3.69. The first-order valence-electron chi connectivity index (χ1n) is 4.90. The van der Waals surface area contributed by atoms with Gasteiger partial charge in [-0.15, -0.1) is 0 Å². The van der Waals surface area contributed by atoms with E-state index in [0.717, 1.165) is 19.0 Å². The van der Waals surface area contributed by atoms with E-state index < -0.39 is 11.9 Å². The van der Waals surface area contributed by atoms with Gasteiger partial charge in [-0.1, -0.05) is 13.3 Å². The summed E-state index contributed by atoms with van der Waals surface area (Å²) in [4.78, 5) is 12.9. The maximum Gasteiger partial charge on any atom is 0.235 e. The van der Waals surface area contributed by atoms with Crippen LogP contribution in [0, 0.1) is 5.92 Å². The molecular formula is C9H19N3O. The molecule has 0 saturated carbocycles. The minimum atomic E-state index is -0.504. The van der Waals surface area contributed by atoms with Gasteiger partial charge >= 0.3 is 0 Å². The highest BCUT2D eigenvalue weighted by atomic mass is 16.1. The molecule has 4 N–H and O–H groups in total. The highest BCUT2D eigenvalue weighted by Crippen LogP contribution is 2.18. The third-order valence-corrected chi connectivity index (χ3v) is 2.77. The maximum absolute atomic E-state index is 10.7. The van der Waals surface area contributed by atoms with Crippen LogP contribution in [0.25, 0.3) is 0 Å². The Balaban J connectivity index is 2.27. The van der Waals surface area contributed by atoms with Crippen molar-refractivity contribution in [3.05, 3.63) is 0 Å². The topological polar surface area (TPSA) is 72.3 Å². The van der Waals surface area contributed by atoms with E-state index in [4.69, 9.17) is 11.5 Å². The molecule has 4 heteroatoms. The van der Waals surface area contributed by atoms with Crippen molar-refractivity contribution in [1.29, 1.82) is 0 Å². The lowest BCUT2D eigenvalue weighted by Gasteiger charge is -2.18. The summed E-state index contributed by atoms with van der Waals surface area (Å²) < 4.78 is 0. The number of carbonyl (C=O) groups is 1. The van der Waals surface area contributed by atoms with Gasteiger partial charge in [0.25, 0.3) is 0 Å². The second-order valence-corrected chi connectivity index (χ2v) is 3.83. The van der Waals surface area contributed by atoms with Crippen LogP contribution in [-0.4, -0.2) is 36.5 Å².